The number of carboxylic acid groups (broad SMARTS) is 1. The third-order valence-electron chi connectivity index (χ3n) is 2.84. The van der Waals surface area contributed by atoms with Gasteiger partial charge in [-0.3, -0.25) is 4.79 Å². The van der Waals surface area contributed by atoms with Gasteiger partial charge in [0.05, 0.1) is 0 Å². The summed E-state index contributed by atoms with van der Waals surface area (Å²) in [6, 6.07) is 7.99. The molecule has 2 unspecified atom stereocenters. The maximum atomic E-state index is 10.9. The highest BCUT2D eigenvalue weighted by Gasteiger charge is 2.24. The number of fused-ring (bicyclic) bond motifs is 1. The maximum absolute atomic E-state index is 10.9. The number of hydrogen-bond acceptors (Lipinski definition) is 3. The molecule has 0 aromatic heterocycles. The molecule has 1 aliphatic rings. The van der Waals surface area contributed by atoms with Crippen molar-refractivity contribution in [3.8, 4) is 5.75 Å². The molecule has 2 rings (SSSR count). The molecule has 2 atom stereocenters. The number of para-hydroxylation sites is 1. The first-order valence-corrected chi connectivity index (χ1v) is 6.84. The SMILES string of the molecule is CCC(SCC1Cc2ccccc2O1)C(=O)O. The minimum absolute atomic E-state index is 0.116. The van der Waals surface area contributed by atoms with E-state index in [1.165, 1.54) is 17.3 Å². The van der Waals surface area contributed by atoms with E-state index in [1.807, 2.05) is 25.1 Å². The summed E-state index contributed by atoms with van der Waals surface area (Å²) in [5, 5.41) is 8.64. The fraction of sp³-hybridized carbons (Fsp3) is 0.462. The maximum Gasteiger partial charge on any atom is 0.316 e. The van der Waals surface area contributed by atoms with E-state index in [9.17, 15) is 4.79 Å². The fourth-order valence-electron chi connectivity index (χ4n) is 1.93. The lowest BCUT2D eigenvalue weighted by atomic mass is 10.1. The average molecular weight is 252 g/mol. The van der Waals surface area contributed by atoms with Crippen LogP contribution in [-0.4, -0.2) is 28.2 Å². The van der Waals surface area contributed by atoms with E-state index in [-0.39, 0.29) is 11.4 Å². The van der Waals surface area contributed by atoms with Crippen molar-refractivity contribution in [1.82, 2.24) is 0 Å². The largest absolute Gasteiger partial charge is 0.489 e. The van der Waals surface area contributed by atoms with Gasteiger partial charge in [-0.25, -0.2) is 0 Å². The van der Waals surface area contributed by atoms with Crippen LogP contribution in [0.2, 0.25) is 0 Å². The van der Waals surface area contributed by atoms with Crippen LogP contribution in [-0.2, 0) is 11.2 Å². The molecule has 92 valence electrons. The minimum atomic E-state index is -0.729. The van der Waals surface area contributed by atoms with Crippen molar-refractivity contribution in [3.05, 3.63) is 29.8 Å². The van der Waals surface area contributed by atoms with E-state index < -0.39 is 5.97 Å². The van der Waals surface area contributed by atoms with Gasteiger partial charge in [-0.05, 0) is 18.1 Å². The van der Waals surface area contributed by atoms with Gasteiger partial charge in [0, 0.05) is 12.2 Å². The Hall–Kier alpha value is -1.16. The van der Waals surface area contributed by atoms with Gasteiger partial charge in [-0.1, -0.05) is 25.1 Å². The summed E-state index contributed by atoms with van der Waals surface area (Å²) in [7, 11) is 0. The first-order valence-electron chi connectivity index (χ1n) is 5.79. The third kappa shape index (κ3) is 2.94. The number of thioether (sulfide) groups is 1. The van der Waals surface area contributed by atoms with E-state index in [4.69, 9.17) is 9.84 Å². The normalized spacial score (nSPS) is 19.5. The van der Waals surface area contributed by atoms with Gasteiger partial charge in [0.15, 0.2) is 0 Å². The molecule has 0 saturated heterocycles. The molecule has 1 aliphatic heterocycles. The number of rotatable bonds is 5. The van der Waals surface area contributed by atoms with Crippen LogP contribution in [0.5, 0.6) is 5.75 Å². The first-order chi connectivity index (χ1) is 8.20. The Morgan fingerprint density at radius 1 is 1.59 bits per heavy atom. The van der Waals surface area contributed by atoms with Crippen molar-refractivity contribution >= 4 is 17.7 Å². The third-order valence-corrected chi connectivity index (χ3v) is 4.34. The molecule has 0 fully saturated rings. The van der Waals surface area contributed by atoms with E-state index in [1.54, 1.807) is 0 Å². The quantitative estimate of drug-likeness (QED) is 0.875. The zero-order valence-corrected chi connectivity index (χ0v) is 10.6. The summed E-state index contributed by atoms with van der Waals surface area (Å²) in [6.07, 6.45) is 1.66. The van der Waals surface area contributed by atoms with Gasteiger partial charge in [-0.15, -0.1) is 11.8 Å². The Kier molecular flexibility index (Phi) is 3.94. The minimum Gasteiger partial charge on any atom is -0.489 e. The summed E-state index contributed by atoms with van der Waals surface area (Å²) in [6.45, 7) is 1.90. The standard InChI is InChI=1S/C13H16O3S/c1-2-12(13(14)15)17-8-10-7-9-5-3-4-6-11(9)16-10/h3-6,10,12H,2,7-8H2,1H3,(H,14,15). The molecule has 0 aliphatic carbocycles. The molecule has 0 spiro atoms. The Morgan fingerprint density at radius 3 is 3.00 bits per heavy atom. The summed E-state index contributed by atoms with van der Waals surface area (Å²) in [5.74, 6) is 0.953. The predicted octanol–water partition coefficient (Wildman–Crippen LogP) is 2.59. The van der Waals surface area contributed by atoms with Crippen LogP contribution < -0.4 is 4.74 Å². The van der Waals surface area contributed by atoms with Gasteiger partial charge in [0.2, 0.25) is 0 Å². The highest BCUT2D eigenvalue weighted by Crippen LogP contribution is 2.30. The molecule has 1 heterocycles. The van der Waals surface area contributed by atoms with Crippen molar-refractivity contribution in [2.45, 2.75) is 31.1 Å². The van der Waals surface area contributed by atoms with Crippen LogP contribution in [0.25, 0.3) is 0 Å². The number of hydrogen-bond donors (Lipinski definition) is 1. The molecule has 0 amide bonds. The Balaban J connectivity index is 1.86. The second-order valence-electron chi connectivity index (χ2n) is 4.12. The molecule has 0 bridgehead atoms. The first kappa shape index (κ1) is 12.3. The molecular formula is C13H16O3S. The van der Waals surface area contributed by atoms with Crippen molar-refractivity contribution in [2.24, 2.45) is 0 Å². The summed E-state index contributed by atoms with van der Waals surface area (Å²) in [4.78, 5) is 10.9. The number of benzene rings is 1. The zero-order valence-electron chi connectivity index (χ0n) is 9.76. The molecule has 0 saturated carbocycles. The lowest BCUT2D eigenvalue weighted by Gasteiger charge is -2.13. The van der Waals surface area contributed by atoms with Crippen molar-refractivity contribution in [1.29, 1.82) is 0 Å². The van der Waals surface area contributed by atoms with Crippen molar-refractivity contribution in [2.75, 3.05) is 5.75 Å². The van der Waals surface area contributed by atoms with E-state index in [2.05, 4.69) is 6.07 Å². The van der Waals surface area contributed by atoms with Gasteiger partial charge in [0.25, 0.3) is 0 Å². The van der Waals surface area contributed by atoms with E-state index in [0.29, 0.717) is 6.42 Å². The molecule has 17 heavy (non-hydrogen) atoms. The highest BCUT2D eigenvalue weighted by molar-refractivity contribution is 8.00. The van der Waals surface area contributed by atoms with Gasteiger partial charge >= 0.3 is 5.97 Å². The topological polar surface area (TPSA) is 46.5 Å². The number of ether oxygens (including phenoxy) is 1. The van der Waals surface area contributed by atoms with Crippen LogP contribution in [0.15, 0.2) is 24.3 Å². The zero-order chi connectivity index (χ0) is 12.3. The van der Waals surface area contributed by atoms with Crippen LogP contribution in [0.3, 0.4) is 0 Å². The smallest absolute Gasteiger partial charge is 0.316 e. The molecule has 1 aromatic carbocycles. The molecule has 1 N–H and O–H groups in total. The molecule has 1 aromatic rings. The van der Waals surface area contributed by atoms with Crippen LogP contribution in [0, 0.1) is 0 Å². The number of carboxylic acids is 1. The van der Waals surface area contributed by atoms with Crippen molar-refractivity contribution in [3.63, 3.8) is 0 Å². The van der Waals surface area contributed by atoms with Gasteiger partial charge < -0.3 is 9.84 Å². The summed E-state index contributed by atoms with van der Waals surface area (Å²) >= 11 is 1.47. The fourth-order valence-corrected chi connectivity index (χ4v) is 2.95. The van der Waals surface area contributed by atoms with Gasteiger partial charge in [0.1, 0.15) is 17.1 Å². The molecular weight excluding hydrogens is 236 g/mol. The Labute approximate surface area is 105 Å². The van der Waals surface area contributed by atoms with Crippen LogP contribution in [0.1, 0.15) is 18.9 Å². The second kappa shape index (κ2) is 5.45. The highest BCUT2D eigenvalue weighted by atomic mass is 32.2. The lowest BCUT2D eigenvalue weighted by Crippen LogP contribution is -2.22. The van der Waals surface area contributed by atoms with E-state index in [0.717, 1.165) is 17.9 Å². The van der Waals surface area contributed by atoms with E-state index >= 15 is 0 Å². The lowest BCUT2D eigenvalue weighted by molar-refractivity contribution is -0.136. The summed E-state index contributed by atoms with van der Waals surface area (Å²) < 4.78 is 5.77. The van der Waals surface area contributed by atoms with Crippen molar-refractivity contribution < 1.29 is 14.6 Å². The average Bonchev–Trinajstić information content (AvgIpc) is 2.71. The molecule has 4 heteroatoms. The second-order valence-corrected chi connectivity index (χ2v) is 5.36. The molecule has 0 radical (unpaired) electrons. The van der Waals surface area contributed by atoms with Crippen LogP contribution in [0.4, 0.5) is 0 Å². The number of aliphatic carboxylic acids is 1. The Morgan fingerprint density at radius 2 is 2.35 bits per heavy atom. The van der Waals surface area contributed by atoms with Crippen LogP contribution >= 0.6 is 11.8 Å². The summed E-state index contributed by atoms with van der Waals surface area (Å²) in [5.41, 5.74) is 1.22. The Bertz CT molecular complexity index is 380. The molecule has 3 nitrogen and oxygen atoms in total. The predicted molar refractivity (Wildman–Crippen MR) is 68.7 cm³/mol. The number of carbonyl (C=O) groups is 1. The monoisotopic (exact) mass is 252 g/mol. The van der Waals surface area contributed by atoms with Gasteiger partial charge in [-0.2, -0.15) is 0 Å².